The highest BCUT2D eigenvalue weighted by Crippen LogP contribution is 2.08. The maximum absolute atomic E-state index is 12.2. The summed E-state index contributed by atoms with van der Waals surface area (Å²) in [5, 5.41) is 19.0. The van der Waals surface area contributed by atoms with Gasteiger partial charge < -0.3 is 19.5 Å². The third kappa shape index (κ3) is 3.89. The topological polar surface area (TPSA) is 119 Å². The molecule has 2 heterocycles. The number of nitrogens with one attached hydrogen (secondary N) is 1. The highest BCUT2D eigenvalue weighted by atomic mass is 16.5. The molecule has 0 saturated carbocycles. The van der Waals surface area contributed by atoms with Crippen LogP contribution in [0, 0.1) is 0 Å². The van der Waals surface area contributed by atoms with Crippen molar-refractivity contribution in [3.8, 4) is 0 Å². The number of hydrogen-bond donors (Lipinski definition) is 2. The van der Waals surface area contributed by atoms with Gasteiger partial charge in [0.25, 0.3) is 0 Å². The van der Waals surface area contributed by atoms with Crippen LogP contribution in [0.4, 0.5) is 10.6 Å². The van der Waals surface area contributed by atoms with Gasteiger partial charge in [0.2, 0.25) is 5.91 Å². The SMILES string of the molecule is COC(=O)Nc1cn(CC(=O)N2CCOCC2CO)nn1. The molecule has 1 aliphatic rings. The quantitative estimate of drug-likeness (QED) is 0.707. The van der Waals surface area contributed by atoms with E-state index in [0.717, 1.165) is 0 Å². The van der Waals surface area contributed by atoms with E-state index in [2.05, 4.69) is 20.4 Å². The van der Waals surface area contributed by atoms with Crippen molar-refractivity contribution in [2.75, 3.05) is 38.8 Å². The molecule has 1 atom stereocenters. The lowest BCUT2D eigenvalue weighted by Crippen LogP contribution is -2.51. The fraction of sp³-hybridized carbons (Fsp3) is 0.636. The van der Waals surface area contributed by atoms with Crippen LogP contribution >= 0.6 is 0 Å². The van der Waals surface area contributed by atoms with Crippen molar-refractivity contribution in [2.45, 2.75) is 12.6 Å². The van der Waals surface area contributed by atoms with Crippen LogP contribution in [0.5, 0.6) is 0 Å². The highest BCUT2D eigenvalue weighted by Gasteiger charge is 2.26. The Morgan fingerprint density at radius 1 is 1.62 bits per heavy atom. The fourth-order valence-electron chi connectivity index (χ4n) is 1.95. The Morgan fingerprint density at radius 3 is 3.14 bits per heavy atom. The van der Waals surface area contributed by atoms with Crippen LogP contribution < -0.4 is 5.32 Å². The van der Waals surface area contributed by atoms with Gasteiger partial charge in [-0.3, -0.25) is 10.1 Å². The molecule has 0 aliphatic carbocycles. The Morgan fingerprint density at radius 2 is 2.43 bits per heavy atom. The minimum Gasteiger partial charge on any atom is -0.453 e. The zero-order chi connectivity index (χ0) is 15.2. The molecule has 0 spiro atoms. The predicted molar refractivity (Wildman–Crippen MR) is 69.5 cm³/mol. The van der Waals surface area contributed by atoms with Gasteiger partial charge in [-0.2, -0.15) is 0 Å². The van der Waals surface area contributed by atoms with Crippen molar-refractivity contribution >= 4 is 17.8 Å². The summed E-state index contributed by atoms with van der Waals surface area (Å²) >= 11 is 0. The molecule has 1 saturated heterocycles. The standard InChI is InChI=1S/C11H17N5O5/c1-20-11(19)12-9-4-15(14-13-9)5-10(18)16-2-3-21-7-8(16)6-17/h4,8,17H,2-3,5-7H2,1H3,(H,12,19). The fourth-order valence-corrected chi connectivity index (χ4v) is 1.95. The number of aliphatic hydroxyl groups excluding tert-OH is 1. The number of aromatic nitrogens is 3. The van der Waals surface area contributed by atoms with E-state index in [4.69, 9.17) is 4.74 Å². The molecule has 21 heavy (non-hydrogen) atoms. The molecule has 10 nitrogen and oxygen atoms in total. The Labute approximate surface area is 120 Å². The zero-order valence-corrected chi connectivity index (χ0v) is 11.6. The second-order valence-corrected chi connectivity index (χ2v) is 4.42. The predicted octanol–water partition coefficient (Wildman–Crippen LogP) is -1.32. The van der Waals surface area contributed by atoms with Gasteiger partial charge in [0, 0.05) is 6.54 Å². The number of morpholine rings is 1. The van der Waals surface area contributed by atoms with E-state index in [0.29, 0.717) is 19.8 Å². The van der Waals surface area contributed by atoms with E-state index in [1.54, 1.807) is 4.90 Å². The van der Waals surface area contributed by atoms with Gasteiger partial charge in [-0.1, -0.05) is 5.21 Å². The summed E-state index contributed by atoms with van der Waals surface area (Å²) in [6, 6.07) is -0.345. The molecule has 1 fully saturated rings. The first kappa shape index (κ1) is 15.2. The molecule has 2 N–H and O–H groups in total. The Kier molecular flexibility index (Phi) is 5.06. The number of carbonyl (C=O) groups excluding carboxylic acids is 2. The van der Waals surface area contributed by atoms with Crippen LogP contribution in [0.2, 0.25) is 0 Å². The number of ether oxygens (including phenoxy) is 2. The zero-order valence-electron chi connectivity index (χ0n) is 11.6. The minimum absolute atomic E-state index is 0.0354. The molecule has 0 aromatic carbocycles. The third-order valence-corrected chi connectivity index (χ3v) is 3.01. The minimum atomic E-state index is -0.665. The van der Waals surface area contributed by atoms with E-state index < -0.39 is 6.09 Å². The summed E-state index contributed by atoms with van der Waals surface area (Å²) in [6.07, 6.45) is 0.755. The van der Waals surface area contributed by atoms with Gasteiger partial charge in [-0.05, 0) is 0 Å². The third-order valence-electron chi connectivity index (χ3n) is 3.01. The lowest BCUT2D eigenvalue weighted by Gasteiger charge is -2.34. The number of hydrogen-bond acceptors (Lipinski definition) is 7. The van der Waals surface area contributed by atoms with Gasteiger partial charge in [-0.25, -0.2) is 9.48 Å². The number of nitrogens with zero attached hydrogens (tertiary/aromatic N) is 4. The van der Waals surface area contributed by atoms with Gasteiger partial charge >= 0.3 is 6.09 Å². The molecule has 1 aromatic rings. The summed E-state index contributed by atoms with van der Waals surface area (Å²) in [7, 11) is 1.23. The maximum Gasteiger partial charge on any atom is 0.412 e. The average molecular weight is 299 g/mol. The van der Waals surface area contributed by atoms with Crippen LogP contribution in [-0.2, 0) is 20.8 Å². The summed E-state index contributed by atoms with van der Waals surface area (Å²) < 4.78 is 10.9. The van der Waals surface area contributed by atoms with Crippen LogP contribution in [0.25, 0.3) is 0 Å². The van der Waals surface area contributed by atoms with Gasteiger partial charge in [0.05, 0.1) is 39.2 Å². The van der Waals surface area contributed by atoms with Crippen molar-refractivity contribution in [2.24, 2.45) is 0 Å². The number of rotatable bonds is 4. The van der Waals surface area contributed by atoms with E-state index >= 15 is 0 Å². The molecular weight excluding hydrogens is 282 g/mol. The molecule has 0 bridgehead atoms. The van der Waals surface area contributed by atoms with Gasteiger partial charge in [-0.15, -0.1) is 5.10 Å². The smallest absolute Gasteiger partial charge is 0.412 e. The number of anilines is 1. The van der Waals surface area contributed by atoms with Crippen LogP contribution in [-0.4, -0.2) is 76.5 Å². The largest absolute Gasteiger partial charge is 0.453 e. The average Bonchev–Trinajstić information content (AvgIpc) is 2.93. The molecule has 1 aromatic heterocycles. The second kappa shape index (κ2) is 6.99. The first-order chi connectivity index (χ1) is 10.1. The van der Waals surface area contributed by atoms with Crippen molar-refractivity contribution in [3.05, 3.63) is 6.20 Å². The van der Waals surface area contributed by atoms with Crippen LogP contribution in [0.1, 0.15) is 0 Å². The molecular formula is C11H17N5O5. The molecule has 2 amide bonds. The maximum atomic E-state index is 12.2. The van der Waals surface area contributed by atoms with Crippen molar-refractivity contribution < 1.29 is 24.2 Å². The molecule has 2 rings (SSSR count). The van der Waals surface area contributed by atoms with E-state index in [1.807, 2.05) is 0 Å². The Balaban J connectivity index is 1.94. The van der Waals surface area contributed by atoms with E-state index in [1.165, 1.54) is 18.0 Å². The molecule has 10 heteroatoms. The summed E-state index contributed by atoms with van der Waals surface area (Å²) in [5.41, 5.74) is 0. The summed E-state index contributed by atoms with van der Waals surface area (Å²) in [5.74, 6) is -0.0118. The number of amides is 2. The van der Waals surface area contributed by atoms with Gasteiger partial charge in [0.15, 0.2) is 5.82 Å². The summed E-state index contributed by atoms with van der Waals surface area (Å²) in [6.45, 7) is 0.986. The molecule has 1 aliphatic heterocycles. The summed E-state index contributed by atoms with van der Waals surface area (Å²) in [4.78, 5) is 24.8. The first-order valence-corrected chi connectivity index (χ1v) is 6.37. The number of carbonyl (C=O) groups is 2. The Bertz CT molecular complexity index is 505. The lowest BCUT2D eigenvalue weighted by atomic mass is 10.2. The van der Waals surface area contributed by atoms with E-state index in [-0.39, 0.29) is 30.9 Å². The second-order valence-electron chi connectivity index (χ2n) is 4.42. The van der Waals surface area contributed by atoms with Crippen LogP contribution in [0.3, 0.4) is 0 Å². The molecule has 0 radical (unpaired) electrons. The molecule has 116 valence electrons. The van der Waals surface area contributed by atoms with Crippen molar-refractivity contribution in [1.29, 1.82) is 0 Å². The first-order valence-electron chi connectivity index (χ1n) is 6.37. The van der Waals surface area contributed by atoms with E-state index in [9.17, 15) is 14.7 Å². The molecule has 1 unspecified atom stereocenters. The van der Waals surface area contributed by atoms with Crippen molar-refractivity contribution in [1.82, 2.24) is 19.9 Å². The van der Waals surface area contributed by atoms with Crippen molar-refractivity contribution in [3.63, 3.8) is 0 Å². The van der Waals surface area contributed by atoms with Crippen LogP contribution in [0.15, 0.2) is 6.20 Å². The van der Waals surface area contributed by atoms with Gasteiger partial charge in [0.1, 0.15) is 6.54 Å². The number of methoxy groups -OCH3 is 1. The number of aliphatic hydroxyl groups is 1. The highest BCUT2D eigenvalue weighted by molar-refractivity contribution is 5.83. The normalized spacial score (nSPS) is 18.4. The monoisotopic (exact) mass is 299 g/mol. The Hall–Kier alpha value is -2.20. The lowest BCUT2D eigenvalue weighted by molar-refractivity contribution is -0.142.